The molecule has 0 aliphatic heterocycles. The van der Waals surface area contributed by atoms with Gasteiger partial charge in [0.25, 0.3) is 0 Å². The highest BCUT2D eigenvalue weighted by Crippen LogP contribution is 2.19. The van der Waals surface area contributed by atoms with Gasteiger partial charge in [0, 0.05) is 13.1 Å². The predicted octanol–water partition coefficient (Wildman–Crippen LogP) is 2.29. The average Bonchev–Trinajstić information content (AvgIpc) is 2.39. The minimum atomic E-state index is 0.0962. The third kappa shape index (κ3) is 3.95. The minimum absolute atomic E-state index is 0.0962. The van der Waals surface area contributed by atoms with Gasteiger partial charge in [-0.15, -0.1) is 0 Å². The monoisotopic (exact) mass is 250 g/mol. The molecule has 1 aromatic carbocycles. The van der Waals surface area contributed by atoms with Gasteiger partial charge in [-0.1, -0.05) is 19.1 Å². The number of amides is 1. The fourth-order valence-electron chi connectivity index (χ4n) is 1.56. The fraction of sp³-hybridized carbons (Fsp3) is 0.500. The second kappa shape index (κ2) is 6.89. The lowest BCUT2D eigenvalue weighted by atomic mass is 10.2. The maximum Gasteiger partial charge on any atom is 0.225 e. The molecule has 100 valence electrons. The third-order valence-corrected chi connectivity index (χ3v) is 3.14. The van der Waals surface area contributed by atoms with Crippen LogP contribution in [0.15, 0.2) is 24.3 Å². The lowest BCUT2D eigenvalue weighted by molar-refractivity contribution is -0.132. The van der Waals surface area contributed by atoms with E-state index in [2.05, 4.69) is 6.92 Å². The largest absolute Gasteiger partial charge is 0.491 e. The highest BCUT2D eigenvalue weighted by atomic mass is 16.5. The summed E-state index contributed by atoms with van der Waals surface area (Å²) in [7, 11) is 1.83. The number of ether oxygens (including phenoxy) is 1. The summed E-state index contributed by atoms with van der Waals surface area (Å²) >= 11 is 0. The normalized spacial score (nSPS) is 11.9. The number of nitrogens with two attached hydrogens (primary N) is 1. The van der Waals surface area contributed by atoms with Crippen LogP contribution in [0.3, 0.4) is 0 Å². The first-order valence-corrected chi connectivity index (χ1v) is 6.29. The summed E-state index contributed by atoms with van der Waals surface area (Å²) in [6, 6.07) is 7.56. The Morgan fingerprint density at radius 1 is 1.44 bits per heavy atom. The zero-order valence-electron chi connectivity index (χ0n) is 11.3. The number of benzene rings is 1. The van der Waals surface area contributed by atoms with Crippen molar-refractivity contribution in [3.05, 3.63) is 24.3 Å². The molecule has 1 amide bonds. The van der Waals surface area contributed by atoms with E-state index in [1.807, 2.05) is 26.1 Å². The Morgan fingerprint density at radius 2 is 2.11 bits per heavy atom. The average molecular weight is 250 g/mol. The first kappa shape index (κ1) is 14.4. The van der Waals surface area contributed by atoms with Gasteiger partial charge >= 0.3 is 0 Å². The Morgan fingerprint density at radius 3 is 2.72 bits per heavy atom. The van der Waals surface area contributed by atoms with Gasteiger partial charge in [0.05, 0.1) is 18.7 Å². The first-order valence-electron chi connectivity index (χ1n) is 6.29. The van der Waals surface area contributed by atoms with Crippen LogP contribution in [0, 0.1) is 0 Å². The van der Waals surface area contributed by atoms with Crippen molar-refractivity contribution in [2.45, 2.75) is 32.7 Å². The van der Waals surface area contributed by atoms with Crippen LogP contribution < -0.4 is 10.5 Å². The molecule has 1 atom stereocenters. The van der Waals surface area contributed by atoms with E-state index in [-0.39, 0.29) is 11.9 Å². The second-order valence-electron chi connectivity index (χ2n) is 4.40. The molecule has 0 aliphatic carbocycles. The zero-order chi connectivity index (χ0) is 13.5. The molecule has 0 bridgehead atoms. The van der Waals surface area contributed by atoms with Gasteiger partial charge in [-0.25, -0.2) is 0 Å². The highest BCUT2D eigenvalue weighted by molar-refractivity contribution is 5.76. The van der Waals surface area contributed by atoms with Crippen molar-refractivity contribution < 1.29 is 9.53 Å². The predicted molar refractivity (Wildman–Crippen MR) is 73.5 cm³/mol. The van der Waals surface area contributed by atoms with Crippen molar-refractivity contribution in [2.24, 2.45) is 0 Å². The highest BCUT2D eigenvalue weighted by Gasteiger charge is 2.13. The van der Waals surface area contributed by atoms with Crippen LogP contribution in [-0.2, 0) is 4.79 Å². The second-order valence-corrected chi connectivity index (χ2v) is 4.40. The van der Waals surface area contributed by atoms with E-state index in [0.717, 1.165) is 6.42 Å². The SMILES string of the molecule is CCC(C)N(C)C(=O)CCOc1ccccc1N. The summed E-state index contributed by atoms with van der Waals surface area (Å²) in [5, 5.41) is 0. The maximum atomic E-state index is 11.8. The van der Waals surface area contributed by atoms with Crippen LogP contribution >= 0.6 is 0 Å². The number of rotatable bonds is 6. The van der Waals surface area contributed by atoms with Gasteiger partial charge in [-0.2, -0.15) is 0 Å². The van der Waals surface area contributed by atoms with Crippen molar-refractivity contribution in [1.82, 2.24) is 4.90 Å². The van der Waals surface area contributed by atoms with Gasteiger partial charge in [-0.05, 0) is 25.5 Å². The molecule has 1 unspecified atom stereocenters. The molecule has 18 heavy (non-hydrogen) atoms. The molecule has 0 fully saturated rings. The smallest absolute Gasteiger partial charge is 0.225 e. The molecular weight excluding hydrogens is 228 g/mol. The van der Waals surface area contributed by atoms with E-state index in [1.54, 1.807) is 17.0 Å². The van der Waals surface area contributed by atoms with E-state index in [0.29, 0.717) is 24.5 Å². The number of hydrogen-bond donors (Lipinski definition) is 1. The summed E-state index contributed by atoms with van der Waals surface area (Å²) in [5.74, 6) is 0.732. The number of carbonyl (C=O) groups is 1. The summed E-state index contributed by atoms with van der Waals surface area (Å²) in [6.45, 7) is 4.46. The summed E-state index contributed by atoms with van der Waals surface area (Å²) < 4.78 is 5.50. The van der Waals surface area contributed by atoms with Crippen molar-refractivity contribution in [2.75, 3.05) is 19.4 Å². The van der Waals surface area contributed by atoms with Crippen LogP contribution in [0.2, 0.25) is 0 Å². The molecule has 0 saturated carbocycles. The van der Waals surface area contributed by atoms with E-state index in [9.17, 15) is 4.79 Å². The summed E-state index contributed by atoms with van der Waals surface area (Å²) in [5.41, 5.74) is 6.34. The lowest BCUT2D eigenvalue weighted by Gasteiger charge is -2.23. The quantitative estimate of drug-likeness (QED) is 0.788. The van der Waals surface area contributed by atoms with E-state index >= 15 is 0 Å². The Bertz CT molecular complexity index is 393. The van der Waals surface area contributed by atoms with Crippen LogP contribution in [0.25, 0.3) is 0 Å². The Kier molecular flexibility index (Phi) is 5.49. The number of anilines is 1. The van der Waals surface area contributed by atoms with E-state index < -0.39 is 0 Å². The first-order chi connectivity index (χ1) is 8.56. The molecule has 0 aliphatic rings. The molecular formula is C14H22N2O2. The van der Waals surface area contributed by atoms with E-state index in [4.69, 9.17) is 10.5 Å². The fourth-order valence-corrected chi connectivity index (χ4v) is 1.56. The number of carbonyl (C=O) groups excluding carboxylic acids is 1. The summed E-state index contributed by atoms with van der Waals surface area (Å²) in [6.07, 6.45) is 1.32. The van der Waals surface area contributed by atoms with Crippen molar-refractivity contribution in [1.29, 1.82) is 0 Å². The maximum absolute atomic E-state index is 11.8. The molecule has 0 spiro atoms. The third-order valence-electron chi connectivity index (χ3n) is 3.14. The molecule has 0 heterocycles. The van der Waals surface area contributed by atoms with Crippen LogP contribution in [0.5, 0.6) is 5.75 Å². The van der Waals surface area contributed by atoms with E-state index in [1.165, 1.54) is 0 Å². The number of nitrogens with zero attached hydrogens (tertiary/aromatic N) is 1. The number of nitrogen functional groups attached to an aromatic ring is 1. The van der Waals surface area contributed by atoms with Gasteiger partial charge in [0.1, 0.15) is 5.75 Å². The van der Waals surface area contributed by atoms with Gasteiger partial charge < -0.3 is 15.4 Å². The Labute approximate surface area is 109 Å². The lowest BCUT2D eigenvalue weighted by Crippen LogP contribution is -2.35. The van der Waals surface area contributed by atoms with Gasteiger partial charge in [-0.3, -0.25) is 4.79 Å². The van der Waals surface area contributed by atoms with Crippen LogP contribution in [0.1, 0.15) is 26.7 Å². The van der Waals surface area contributed by atoms with Crippen LogP contribution in [-0.4, -0.2) is 30.5 Å². The Hall–Kier alpha value is -1.71. The molecule has 0 saturated heterocycles. The molecule has 0 radical (unpaired) electrons. The molecule has 1 aromatic rings. The number of para-hydroxylation sites is 2. The minimum Gasteiger partial charge on any atom is -0.491 e. The molecule has 4 heteroatoms. The van der Waals surface area contributed by atoms with Crippen molar-refractivity contribution >= 4 is 11.6 Å². The number of hydrogen-bond acceptors (Lipinski definition) is 3. The molecule has 1 rings (SSSR count). The topological polar surface area (TPSA) is 55.6 Å². The van der Waals surface area contributed by atoms with Gasteiger partial charge in [0.15, 0.2) is 0 Å². The molecule has 2 N–H and O–H groups in total. The van der Waals surface area contributed by atoms with Crippen molar-refractivity contribution in [3.63, 3.8) is 0 Å². The standard InChI is InChI=1S/C14H22N2O2/c1-4-11(2)16(3)14(17)9-10-18-13-8-6-5-7-12(13)15/h5-8,11H,4,9-10,15H2,1-3H3. The molecule has 0 aromatic heterocycles. The van der Waals surface area contributed by atoms with Crippen LogP contribution in [0.4, 0.5) is 5.69 Å². The van der Waals surface area contributed by atoms with Crippen molar-refractivity contribution in [3.8, 4) is 5.75 Å². The Balaban J connectivity index is 2.38. The molecule has 4 nitrogen and oxygen atoms in total. The summed E-state index contributed by atoms with van der Waals surface area (Å²) in [4.78, 5) is 13.6. The van der Waals surface area contributed by atoms with Gasteiger partial charge in [0.2, 0.25) is 5.91 Å². The zero-order valence-corrected chi connectivity index (χ0v) is 11.3.